The van der Waals surface area contributed by atoms with Crippen molar-refractivity contribution in [2.75, 3.05) is 12.0 Å². The predicted molar refractivity (Wildman–Crippen MR) is 72.5 cm³/mol. The van der Waals surface area contributed by atoms with Crippen LogP contribution in [0.4, 0.5) is 0 Å². The van der Waals surface area contributed by atoms with Gasteiger partial charge < -0.3 is 16.2 Å². The summed E-state index contributed by atoms with van der Waals surface area (Å²) < 4.78 is 0. The first-order chi connectivity index (χ1) is 8.56. The monoisotopic (exact) mass is 274 g/mol. The smallest absolute Gasteiger partial charge is 0.326 e. The van der Waals surface area contributed by atoms with Crippen molar-refractivity contribution in [2.45, 2.75) is 44.2 Å². The van der Waals surface area contributed by atoms with E-state index in [1.807, 2.05) is 6.26 Å². The van der Waals surface area contributed by atoms with E-state index in [0.29, 0.717) is 12.2 Å². The third-order valence-electron chi connectivity index (χ3n) is 3.38. The lowest BCUT2D eigenvalue weighted by Gasteiger charge is -2.28. The molecule has 1 rings (SSSR count). The molecule has 0 aliphatic heterocycles. The average molecular weight is 274 g/mol. The van der Waals surface area contributed by atoms with Crippen LogP contribution in [-0.2, 0) is 9.59 Å². The average Bonchev–Trinajstić information content (AvgIpc) is 2.34. The van der Waals surface area contributed by atoms with Gasteiger partial charge in [-0.3, -0.25) is 4.79 Å². The molecule has 1 fully saturated rings. The number of thioether (sulfide) groups is 1. The van der Waals surface area contributed by atoms with Crippen molar-refractivity contribution in [1.29, 1.82) is 0 Å². The van der Waals surface area contributed by atoms with E-state index in [2.05, 4.69) is 5.32 Å². The van der Waals surface area contributed by atoms with Crippen LogP contribution in [0.3, 0.4) is 0 Å². The van der Waals surface area contributed by atoms with E-state index in [1.54, 1.807) is 11.8 Å². The van der Waals surface area contributed by atoms with Crippen LogP contribution in [0.1, 0.15) is 32.1 Å². The van der Waals surface area contributed by atoms with Gasteiger partial charge in [0.25, 0.3) is 0 Å². The summed E-state index contributed by atoms with van der Waals surface area (Å²) in [4.78, 5) is 23.1. The standard InChI is InChI=1S/C12H22N2O3S/c1-18-7-6-10(12(16)17)14-11(15)8-4-2-3-5-9(8)13/h8-10H,2-7,13H2,1H3,(H,14,15)(H,16,17)/t8?,9?,10-/m0/s1. The Bertz CT molecular complexity index is 299. The highest BCUT2D eigenvalue weighted by Gasteiger charge is 2.30. The molecule has 0 spiro atoms. The fraction of sp³-hybridized carbons (Fsp3) is 0.833. The fourth-order valence-corrected chi connectivity index (χ4v) is 2.73. The summed E-state index contributed by atoms with van der Waals surface area (Å²) in [6.45, 7) is 0. The Morgan fingerprint density at radius 1 is 1.44 bits per heavy atom. The third kappa shape index (κ3) is 4.49. The van der Waals surface area contributed by atoms with Gasteiger partial charge in [-0.25, -0.2) is 4.79 Å². The summed E-state index contributed by atoms with van der Waals surface area (Å²) in [6, 6.07) is -0.923. The zero-order chi connectivity index (χ0) is 13.5. The molecule has 1 amide bonds. The van der Waals surface area contributed by atoms with E-state index < -0.39 is 12.0 Å². The van der Waals surface area contributed by atoms with Crippen LogP contribution in [0.25, 0.3) is 0 Å². The van der Waals surface area contributed by atoms with Crippen molar-refractivity contribution in [3.63, 3.8) is 0 Å². The molecule has 0 aromatic carbocycles. The molecule has 2 unspecified atom stereocenters. The number of hydrogen-bond acceptors (Lipinski definition) is 4. The van der Waals surface area contributed by atoms with Gasteiger partial charge in [0, 0.05) is 6.04 Å². The minimum Gasteiger partial charge on any atom is -0.480 e. The number of nitrogens with two attached hydrogens (primary N) is 1. The number of rotatable bonds is 6. The topological polar surface area (TPSA) is 92.4 Å². The van der Waals surface area contributed by atoms with Crippen molar-refractivity contribution < 1.29 is 14.7 Å². The fourth-order valence-electron chi connectivity index (χ4n) is 2.26. The molecule has 0 bridgehead atoms. The molecule has 0 radical (unpaired) electrons. The van der Waals surface area contributed by atoms with Crippen molar-refractivity contribution in [3.8, 4) is 0 Å². The summed E-state index contributed by atoms with van der Waals surface area (Å²) in [5, 5.41) is 11.7. The highest BCUT2D eigenvalue weighted by molar-refractivity contribution is 7.98. The summed E-state index contributed by atoms with van der Waals surface area (Å²) in [6.07, 6.45) is 6.03. The van der Waals surface area contributed by atoms with Crippen molar-refractivity contribution in [3.05, 3.63) is 0 Å². The number of amides is 1. The van der Waals surface area contributed by atoms with E-state index in [9.17, 15) is 9.59 Å². The van der Waals surface area contributed by atoms with E-state index in [0.717, 1.165) is 25.7 Å². The van der Waals surface area contributed by atoms with Crippen LogP contribution in [0, 0.1) is 5.92 Å². The SMILES string of the molecule is CSCC[C@H](NC(=O)C1CCCCC1N)C(=O)O. The van der Waals surface area contributed by atoms with Crippen LogP contribution >= 0.6 is 11.8 Å². The summed E-state index contributed by atoms with van der Waals surface area (Å²) >= 11 is 1.57. The predicted octanol–water partition coefficient (Wildman–Crippen LogP) is 0.826. The molecule has 0 aromatic rings. The van der Waals surface area contributed by atoms with E-state index in [-0.39, 0.29) is 17.9 Å². The molecule has 5 nitrogen and oxygen atoms in total. The number of carboxylic acid groups (broad SMARTS) is 1. The first-order valence-electron chi connectivity index (χ1n) is 6.34. The minimum atomic E-state index is -0.971. The zero-order valence-corrected chi connectivity index (χ0v) is 11.5. The quantitative estimate of drug-likeness (QED) is 0.667. The van der Waals surface area contributed by atoms with Crippen LogP contribution in [0.15, 0.2) is 0 Å². The van der Waals surface area contributed by atoms with Gasteiger partial charge in [0.05, 0.1) is 5.92 Å². The van der Waals surface area contributed by atoms with E-state index in [4.69, 9.17) is 10.8 Å². The molecule has 18 heavy (non-hydrogen) atoms. The Labute approximate surface area is 112 Å². The lowest BCUT2D eigenvalue weighted by molar-refractivity contribution is -0.142. The highest BCUT2D eigenvalue weighted by Crippen LogP contribution is 2.23. The molecule has 1 saturated carbocycles. The number of hydrogen-bond donors (Lipinski definition) is 3. The largest absolute Gasteiger partial charge is 0.480 e. The van der Waals surface area contributed by atoms with Gasteiger partial charge in [0.2, 0.25) is 5.91 Å². The van der Waals surface area contributed by atoms with Gasteiger partial charge in [-0.2, -0.15) is 11.8 Å². The molecule has 0 aromatic heterocycles. The minimum absolute atomic E-state index is 0.131. The molecule has 3 atom stereocenters. The highest BCUT2D eigenvalue weighted by atomic mass is 32.2. The van der Waals surface area contributed by atoms with E-state index in [1.165, 1.54) is 0 Å². The normalized spacial score (nSPS) is 25.4. The zero-order valence-electron chi connectivity index (χ0n) is 10.7. The molecule has 1 aliphatic rings. The molecule has 4 N–H and O–H groups in total. The first kappa shape index (κ1) is 15.3. The summed E-state index contributed by atoms with van der Waals surface area (Å²) in [5.74, 6) is -0.680. The number of carbonyl (C=O) groups excluding carboxylic acids is 1. The lowest BCUT2D eigenvalue weighted by atomic mass is 9.84. The number of carbonyl (C=O) groups is 2. The van der Waals surface area contributed by atoms with Gasteiger partial charge in [-0.15, -0.1) is 0 Å². The molecule has 1 aliphatic carbocycles. The van der Waals surface area contributed by atoms with Gasteiger partial charge in [0.15, 0.2) is 0 Å². The van der Waals surface area contributed by atoms with Gasteiger partial charge in [-0.1, -0.05) is 12.8 Å². The molecular formula is C12H22N2O3S. The first-order valence-corrected chi connectivity index (χ1v) is 7.73. The lowest BCUT2D eigenvalue weighted by Crippen LogP contribution is -2.49. The van der Waals surface area contributed by atoms with E-state index >= 15 is 0 Å². The maximum absolute atomic E-state index is 12.0. The van der Waals surface area contributed by atoms with Crippen LogP contribution in [0.5, 0.6) is 0 Å². The second-order valence-electron chi connectivity index (χ2n) is 4.74. The van der Waals surface area contributed by atoms with Crippen molar-refractivity contribution >= 4 is 23.6 Å². The Kier molecular flexibility index (Phi) is 6.49. The molecule has 0 saturated heterocycles. The molecular weight excluding hydrogens is 252 g/mol. The van der Waals surface area contributed by atoms with Crippen LogP contribution in [0.2, 0.25) is 0 Å². The van der Waals surface area contributed by atoms with Crippen molar-refractivity contribution in [1.82, 2.24) is 5.32 Å². The Balaban J connectivity index is 2.51. The maximum Gasteiger partial charge on any atom is 0.326 e. The number of aliphatic carboxylic acids is 1. The van der Waals surface area contributed by atoms with Gasteiger partial charge in [0.1, 0.15) is 6.04 Å². The molecule has 6 heteroatoms. The number of carboxylic acids is 1. The number of nitrogens with one attached hydrogen (secondary N) is 1. The second-order valence-corrected chi connectivity index (χ2v) is 5.72. The van der Waals surface area contributed by atoms with Crippen molar-refractivity contribution in [2.24, 2.45) is 11.7 Å². The van der Waals surface area contributed by atoms with Gasteiger partial charge >= 0.3 is 5.97 Å². The van der Waals surface area contributed by atoms with Crippen LogP contribution < -0.4 is 11.1 Å². The Morgan fingerprint density at radius 3 is 2.67 bits per heavy atom. The maximum atomic E-state index is 12.0. The van der Waals surface area contributed by atoms with Crippen LogP contribution in [-0.4, -0.2) is 41.1 Å². The van der Waals surface area contributed by atoms with Gasteiger partial charge in [-0.05, 0) is 31.3 Å². The molecule has 0 heterocycles. The Hall–Kier alpha value is -0.750. The summed E-state index contributed by atoms with van der Waals surface area (Å²) in [7, 11) is 0. The molecule has 104 valence electrons. The second kappa shape index (κ2) is 7.63. The third-order valence-corrected chi connectivity index (χ3v) is 4.03. The summed E-state index contributed by atoms with van der Waals surface area (Å²) in [5.41, 5.74) is 5.92. The Morgan fingerprint density at radius 2 is 2.11 bits per heavy atom.